The normalized spacial score (nSPS) is 15.3. The van der Waals surface area contributed by atoms with Crippen molar-refractivity contribution in [3.05, 3.63) is 90.5 Å². The van der Waals surface area contributed by atoms with Crippen molar-refractivity contribution in [2.24, 2.45) is 0 Å². The molecule has 1 amide bonds. The summed E-state index contributed by atoms with van der Waals surface area (Å²) < 4.78 is 11.6. The van der Waals surface area contributed by atoms with E-state index >= 15 is 0 Å². The van der Waals surface area contributed by atoms with E-state index in [1.54, 1.807) is 4.90 Å². The summed E-state index contributed by atoms with van der Waals surface area (Å²) in [5, 5.41) is 0. The summed E-state index contributed by atoms with van der Waals surface area (Å²) in [5.74, 6) is 1.16. The van der Waals surface area contributed by atoms with E-state index in [0.717, 1.165) is 11.3 Å². The first kappa shape index (κ1) is 16.2. The Labute approximate surface area is 152 Å². The lowest BCUT2D eigenvalue weighted by Crippen LogP contribution is -2.46. The topological polar surface area (TPSA) is 38.8 Å². The molecule has 0 aromatic heterocycles. The minimum absolute atomic E-state index is 0.116. The van der Waals surface area contributed by atoms with Gasteiger partial charge in [-0.3, -0.25) is 4.79 Å². The molecule has 3 aromatic carbocycles. The van der Waals surface area contributed by atoms with Crippen molar-refractivity contribution in [3.63, 3.8) is 0 Å². The van der Waals surface area contributed by atoms with Gasteiger partial charge < -0.3 is 14.4 Å². The number of ether oxygens (including phenoxy) is 2. The molecule has 0 unspecified atom stereocenters. The monoisotopic (exact) mass is 345 g/mol. The summed E-state index contributed by atoms with van der Waals surface area (Å²) in [6.07, 6.45) is -0.672. The van der Waals surface area contributed by atoms with Crippen LogP contribution < -0.4 is 14.4 Å². The minimum Gasteiger partial charge on any atom is -0.485 e. The molecule has 4 heteroatoms. The Morgan fingerprint density at radius 1 is 0.846 bits per heavy atom. The molecule has 0 radical (unpaired) electrons. The second-order valence-electron chi connectivity index (χ2n) is 6.11. The highest BCUT2D eigenvalue weighted by Crippen LogP contribution is 2.32. The molecule has 1 aliphatic rings. The van der Waals surface area contributed by atoms with Crippen LogP contribution in [0.2, 0.25) is 0 Å². The van der Waals surface area contributed by atoms with E-state index in [4.69, 9.17) is 9.47 Å². The first-order valence-corrected chi connectivity index (χ1v) is 8.60. The summed E-state index contributed by atoms with van der Waals surface area (Å²) in [6, 6.07) is 27.0. The van der Waals surface area contributed by atoms with Gasteiger partial charge in [-0.2, -0.15) is 0 Å². The Bertz CT molecular complexity index is 880. The summed E-state index contributed by atoms with van der Waals surface area (Å²) in [6.45, 7) is 0.680. The smallest absolute Gasteiger partial charge is 0.271 e. The highest BCUT2D eigenvalue weighted by molar-refractivity contribution is 5.97. The van der Waals surface area contributed by atoms with E-state index in [-0.39, 0.29) is 12.5 Å². The van der Waals surface area contributed by atoms with Crippen molar-refractivity contribution in [2.75, 3.05) is 11.5 Å². The lowest BCUT2D eigenvalue weighted by atomic mass is 10.1. The number of nitrogens with zero attached hydrogens (tertiary/aromatic N) is 1. The number of benzene rings is 3. The van der Waals surface area contributed by atoms with E-state index in [1.165, 1.54) is 0 Å². The number of hydrogen-bond donors (Lipinski definition) is 0. The van der Waals surface area contributed by atoms with Crippen molar-refractivity contribution in [1.29, 1.82) is 0 Å². The SMILES string of the molecule is O=C([C@@H]1COc2ccccc2O1)N(Cc1ccccc1)c1ccccc1. The molecule has 4 nitrogen and oxygen atoms in total. The third kappa shape index (κ3) is 3.40. The van der Waals surface area contributed by atoms with Gasteiger partial charge in [0.05, 0.1) is 6.54 Å². The third-order valence-corrected chi connectivity index (χ3v) is 4.30. The number of amides is 1. The van der Waals surface area contributed by atoms with Gasteiger partial charge in [0.15, 0.2) is 11.5 Å². The molecule has 0 spiro atoms. The van der Waals surface area contributed by atoms with Crippen LogP contribution in [0.15, 0.2) is 84.9 Å². The predicted molar refractivity (Wildman–Crippen MR) is 100 cm³/mol. The maximum atomic E-state index is 13.2. The van der Waals surface area contributed by atoms with Crippen LogP contribution in [0.5, 0.6) is 11.5 Å². The number of carbonyl (C=O) groups excluding carboxylic acids is 1. The molecular formula is C22H19NO3. The van der Waals surface area contributed by atoms with Crippen molar-refractivity contribution in [3.8, 4) is 11.5 Å². The fourth-order valence-corrected chi connectivity index (χ4v) is 2.99. The summed E-state index contributed by atoms with van der Waals surface area (Å²) in [5.41, 5.74) is 1.89. The molecule has 0 saturated carbocycles. The lowest BCUT2D eigenvalue weighted by molar-refractivity contribution is -0.127. The molecule has 0 aliphatic carbocycles. The first-order chi connectivity index (χ1) is 12.8. The average Bonchev–Trinajstić information content (AvgIpc) is 2.72. The van der Waals surface area contributed by atoms with E-state index < -0.39 is 6.10 Å². The quantitative estimate of drug-likeness (QED) is 0.716. The van der Waals surface area contributed by atoms with Crippen LogP contribution in [0.3, 0.4) is 0 Å². The largest absolute Gasteiger partial charge is 0.485 e. The van der Waals surface area contributed by atoms with E-state index in [0.29, 0.717) is 18.0 Å². The highest BCUT2D eigenvalue weighted by Gasteiger charge is 2.31. The van der Waals surface area contributed by atoms with Crippen LogP contribution in [0.4, 0.5) is 5.69 Å². The molecule has 3 aromatic rings. The molecule has 1 atom stereocenters. The second-order valence-corrected chi connectivity index (χ2v) is 6.11. The van der Waals surface area contributed by atoms with Crippen LogP contribution in [0.25, 0.3) is 0 Å². The Hall–Kier alpha value is -3.27. The molecular weight excluding hydrogens is 326 g/mol. The maximum Gasteiger partial charge on any atom is 0.271 e. The van der Waals surface area contributed by atoms with Gasteiger partial charge >= 0.3 is 0 Å². The van der Waals surface area contributed by atoms with E-state index in [2.05, 4.69) is 0 Å². The van der Waals surface area contributed by atoms with Crippen molar-refractivity contribution in [2.45, 2.75) is 12.6 Å². The van der Waals surface area contributed by atoms with Crippen molar-refractivity contribution in [1.82, 2.24) is 0 Å². The Morgan fingerprint density at radius 3 is 2.19 bits per heavy atom. The Morgan fingerprint density at radius 2 is 1.46 bits per heavy atom. The summed E-state index contributed by atoms with van der Waals surface area (Å²) >= 11 is 0. The van der Waals surface area contributed by atoms with Gasteiger partial charge in [-0.15, -0.1) is 0 Å². The van der Waals surface area contributed by atoms with Gasteiger partial charge in [0.25, 0.3) is 5.91 Å². The lowest BCUT2D eigenvalue weighted by Gasteiger charge is -2.31. The number of rotatable bonds is 4. The van der Waals surface area contributed by atoms with Gasteiger partial charge in [-0.25, -0.2) is 0 Å². The molecule has 0 N–H and O–H groups in total. The van der Waals surface area contributed by atoms with E-state index in [1.807, 2.05) is 84.9 Å². The van der Waals surface area contributed by atoms with Gasteiger partial charge in [-0.05, 0) is 29.8 Å². The van der Waals surface area contributed by atoms with Crippen molar-refractivity contribution < 1.29 is 14.3 Å². The zero-order chi connectivity index (χ0) is 17.8. The maximum absolute atomic E-state index is 13.2. The Kier molecular flexibility index (Phi) is 4.56. The van der Waals surface area contributed by atoms with Crippen molar-refractivity contribution >= 4 is 11.6 Å². The highest BCUT2D eigenvalue weighted by atomic mass is 16.6. The van der Waals surface area contributed by atoms with Crippen LogP contribution in [-0.2, 0) is 11.3 Å². The van der Waals surface area contributed by atoms with Gasteiger partial charge in [0.2, 0.25) is 6.10 Å². The van der Waals surface area contributed by atoms with Gasteiger partial charge in [-0.1, -0.05) is 60.7 Å². The Balaban J connectivity index is 1.60. The molecule has 0 bridgehead atoms. The molecule has 0 fully saturated rings. The minimum atomic E-state index is -0.672. The molecule has 130 valence electrons. The predicted octanol–water partition coefficient (Wildman–Crippen LogP) is 4.06. The van der Waals surface area contributed by atoms with Gasteiger partial charge in [0.1, 0.15) is 6.61 Å². The third-order valence-electron chi connectivity index (χ3n) is 4.30. The molecule has 26 heavy (non-hydrogen) atoms. The van der Waals surface area contributed by atoms with Gasteiger partial charge in [0, 0.05) is 5.69 Å². The number of carbonyl (C=O) groups is 1. The zero-order valence-electron chi connectivity index (χ0n) is 14.2. The summed E-state index contributed by atoms with van der Waals surface area (Å²) in [7, 11) is 0. The number of anilines is 1. The fourth-order valence-electron chi connectivity index (χ4n) is 2.99. The van der Waals surface area contributed by atoms with E-state index in [9.17, 15) is 4.79 Å². The average molecular weight is 345 g/mol. The zero-order valence-corrected chi connectivity index (χ0v) is 14.2. The standard InChI is InChI=1S/C22H19NO3/c24-22(21-16-25-19-13-7-8-14-20(19)26-21)23(18-11-5-2-6-12-18)15-17-9-3-1-4-10-17/h1-14,21H,15-16H2/t21-/m0/s1. The first-order valence-electron chi connectivity index (χ1n) is 8.60. The fraction of sp³-hybridized carbons (Fsp3) is 0.136. The number of fused-ring (bicyclic) bond motifs is 1. The molecule has 1 aliphatic heterocycles. The number of para-hydroxylation sites is 3. The van der Waals surface area contributed by atoms with Crippen LogP contribution in [0.1, 0.15) is 5.56 Å². The second kappa shape index (κ2) is 7.31. The van der Waals surface area contributed by atoms with Crippen LogP contribution in [0, 0.1) is 0 Å². The number of hydrogen-bond acceptors (Lipinski definition) is 3. The van der Waals surface area contributed by atoms with Crippen LogP contribution >= 0.6 is 0 Å². The summed E-state index contributed by atoms with van der Waals surface area (Å²) in [4.78, 5) is 15.0. The van der Waals surface area contributed by atoms with Crippen LogP contribution in [-0.4, -0.2) is 18.6 Å². The molecule has 1 heterocycles. The molecule has 4 rings (SSSR count). The molecule has 0 saturated heterocycles.